The molecule has 0 saturated carbocycles. The van der Waals surface area contributed by atoms with Crippen molar-refractivity contribution >= 4 is 27.5 Å². The van der Waals surface area contributed by atoms with E-state index in [0.29, 0.717) is 5.19 Å². The van der Waals surface area contributed by atoms with E-state index >= 15 is 0 Å². The number of rotatable bonds is 2. The molecule has 0 N–H and O–H groups in total. The number of halogens is 1. The van der Waals surface area contributed by atoms with Gasteiger partial charge in [-0.05, 0) is 40.5 Å². The molecule has 0 amide bonds. The molecular formula is C13H15BrN2OS. The Hall–Kier alpha value is -0.940. The molecule has 5 heteroatoms. The van der Waals surface area contributed by atoms with Crippen LogP contribution in [0, 0.1) is 6.92 Å². The first kappa shape index (κ1) is 13.5. The van der Waals surface area contributed by atoms with Gasteiger partial charge < -0.3 is 4.74 Å². The molecule has 0 aliphatic heterocycles. The van der Waals surface area contributed by atoms with E-state index in [1.807, 2.05) is 25.1 Å². The molecule has 1 heterocycles. The van der Waals surface area contributed by atoms with Crippen LogP contribution in [0.15, 0.2) is 22.7 Å². The fraction of sp³-hybridized carbons (Fsp3) is 0.385. The summed E-state index contributed by atoms with van der Waals surface area (Å²) < 4.78 is 11.0. The van der Waals surface area contributed by atoms with E-state index in [-0.39, 0.29) is 5.41 Å². The summed E-state index contributed by atoms with van der Waals surface area (Å²) in [7, 11) is 0. The molecule has 96 valence electrons. The fourth-order valence-electron chi connectivity index (χ4n) is 1.34. The highest BCUT2D eigenvalue weighted by molar-refractivity contribution is 9.10. The van der Waals surface area contributed by atoms with Crippen molar-refractivity contribution in [1.82, 2.24) is 9.36 Å². The quantitative estimate of drug-likeness (QED) is 0.802. The van der Waals surface area contributed by atoms with Crippen LogP contribution in [0.2, 0.25) is 0 Å². The molecule has 0 spiro atoms. The summed E-state index contributed by atoms with van der Waals surface area (Å²) in [4.78, 5) is 4.40. The Bertz CT molecular complexity index is 560. The van der Waals surface area contributed by atoms with Crippen molar-refractivity contribution in [3.63, 3.8) is 0 Å². The van der Waals surface area contributed by atoms with Gasteiger partial charge in [0.1, 0.15) is 5.75 Å². The standard InChI is InChI=1S/C13H15BrN2OS/c1-8-5-6-10(9(14)7-8)17-12-15-11(16-18-12)13(2,3)4/h5-7H,1-4H3. The van der Waals surface area contributed by atoms with Crippen molar-refractivity contribution in [3.05, 3.63) is 34.1 Å². The molecule has 3 nitrogen and oxygen atoms in total. The maximum Gasteiger partial charge on any atom is 0.298 e. The maximum absolute atomic E-state index is 5.74. The lowest BCUT2D eigenvalue weighted by Gasteiger charge is -2.12. The molecule has 0 unspecified atom stereocenters. The first-order chi connectivity index (χ1) is 8.36. The molecule has 0 radical (unpaired) electrons. The summed E-state index contributed by atoms with van der Waals surface area (Å²) in [6.45, 7) is 8.29. The Morgan fingerprint density at radius 1 is 1.28 bits per heavy atom. The van der Waals surface area contributed by atoms with E-state index in [4.69, 9.17) is 4.74 Å². The molecule has 0 bridgehead atoms. The van der Waals surface area contributed by atoms with E-state index in [1.165, 1.54) is 17.1 Å². The molecule has 0 fully saturated rings. The summed E-state index contributed by atoms with van der Waals surface area (Å²) >= 11 is 4.76. The number of aryl methyl sites for hydroxylation is 1. The molecule has 18 heavy (non-hydrogen) atoms. The molecule has 1 aromatic heterocycles. The monoisotopic (exact) mass is 326 g/mol. The molecule has 0 aliphatic rings. The smallest absolute Gasteiger partial charge is 0.298 e. The highest BCUT2D eigenvalue weighted by atomic mass is 79.9. The van der Waals surface area contributed by atoms with Gasteiger partial charge in [0.2, 0.25) is 0 Å². The topological polar surface area (TPSA) is 35.0 Å². The number of ether oxygens (including phenoxy) is 1. The molecule has 0 atom stereocenters. The lowest BCUT2D eigenvalue weighted by molar-refractivity contribution is 0.465. The lowest BCUT2D eigenvalue weighted by atomic mass is 9.96. The highest BCUT2D eigenvalue weighted by Crippen LogP contribution is 2.32. The van der Waals surface area contributed by atoms with Gasteiger partial charge in [0.15, 0.2) is 5.82 Å². The second kappa shape index (κ2) is 4.97. The Kier molecular flexibility index (Phi) is 3.73. The van der Waals surface area contributed by atoms with Gasteiger partial charge in [0.25, 0.3) is 5.19 Å². The predicted molar refractivity (Wildman–Crippen MR) is 77.6 cm³/mol. The predicted octanol–water partition coefficient (Wildman–Crippen LogP) is 4.70. The van der Waals surface area contributed by atoms with Crippen LogP contribution >= 0.6 is 27.5 Å². The van der Waals surface area contributed by atoms with Crippen LogP contribution in [0.4, 0.5) is 0 Å². The number of hydrogen-bond donors (Lipinski definition) is 0. The van der Waals surface area contributed by atoms with Crippen molar-refractivity contribution in [1.29, 1.82) is 0 Å². The van der Waals surface area contributed by atoms with Gasteiger partial charge in [-0.2, -0.15) is 9.36 Å². The van der Waals surface area contributed by atoms with Crippen LogP contribution in [-0.4, -0.2) is 9.36 Å². The average Bonchev–Trinajstić information content (AvgIpc) is 2.70. The largest absolute Gasteiger partial charge is 0.429 e. The second-order valence-electron chi connectivity index (χ2n) is 5.17. The Morgan fingerprint density at radius 3 is 2.56 bits per heavy atom. The van der Waals surface area contributed by atoms with Crippen molar-refractivity contribution in [2.24, 2.45) is 0 Å². The van der Waals surface area contributed by atoms with Crippen LogP contribution < -0.4 is 4.74 Å². The van der Waals surface area contributed by atoms with Gasteiger partial charge in [-0.3, -0.25) is 0 Å². The highest BCUT2D eigenvalue weighted by Gasteiger charge is 2.20. The van der Waals surface area contributed by atoms with Crippen LogP contribution in [0.5, 0.6) is 10.9 Å². The van der Waals surface area contributed by atoms with E-state index in [2.05, 4.69) is 46.1 Å². The number of nitrogens with zero attached hydrogens (tertiary/aromatic N) is 2. The van der Waals surface area contributed by atoms with Crippen LogP contribution in [0.1, 0.15) is 32.2 Å². The molecule has 2 aromatic rings. The van der Waals surface area contributed by atoms with E-state index < -0.39 is 0 Å². The first-order valence-corrected chi connectivity index (χ1v) is 7.21. The zero-order valence-corrected chi connectivity index (χ0v) is 13.2. The van der Waals surface area contributed by atoms with Gasteiger partial charge in [-0.1, -0.05) is 26.8 Å². The molecule has 0 aliphatic carbocycles. The fourth-order valence-corrected chi connectivity index (χ4v) is 2.65. The minimum Gasteiger partial charge on any atom is -0.429 e. The second-order valence-corrected chi connectivity index (χ2v) is 6.74. The van der Waals surface area contributed by atoms with Crippen molar-refractivity contribution in [2.45, 2.75) is 33.1 Å². The normalized spacial score (nSPS) is 11.6. The van der Waals surface area contributed by atoms with E-state index in [1.54, 1.807) is 0 Å². The lowest BCUT2D eigenvalue weighted by Crippen LogP contribution is -2.12. The van der Waals surface area contributed by atoms with Crippen LogP contribution in [0.25, 0.3) is 0 Å². The van der Waals surface area contributed by atoms with Gasteiger partial charge in [-0.25, -0.2) is 0 Å². The minimum atomic E-state index is -0.0530. The minimum absolute atomic E-state index is 0.0530. The Morgan fingerprint density at radius 2 is 2.00 bits per heavy atom. The summed E-state index contributed by atoms with van der Waals surface area (Å²) in [5, 5.41) is 0.574. The zero-order chi connectivity index (χ0) is 13.3. The maximum atomic E-state index is 5.74. The molecule has 0 saturated heterocycles. The zero-order valence-electron chi connectivity index (χ0n) is 10.8. The van der Waals surface area contributed by atoms with E-state index in [9.17, 15) is 0 Å². The third-order valence-corrected chi connectivity index (χ3v) is 3.58. The van der Waals surface area contributed by atoms with Gasteiger partial charge >= 0.3 is 0 Å². The summed E-state index contributed by atoms with van der Waals surface area (Å²) in [6, 6.07) is 5.95. The van der Waals surface area contributed by atoms with E-state index in [0.717, 1.165) is 16.0 Å². The average molecular weight is 327 g/mol. The molecular weight excluding hydrogens is 312 g/mol. The molecule has 2 rings (SSSR count). The van der Waals surface area contributed by atoms with Gasteiger partial charge in [0, 0.05) is 16.9 Å². The van der Waals surface area contributed by atoms with Crippen LogP contribution in [-0.2, 0) is 5.41 Å². The number of aromatic nitrogens is 2. The van der Waals surface area contributed by atoms with Crippen molar-refractivity contribution < 1.29 is 4.74 Å². The Labute approximate surface area is 120 Å². The SMILES string of the molecule is Cc1ccc(Oc2nc(C(C)(C)C)ns2)c(Br)c1. The summed E-state index contributed by atoms with van der Waals surface area (Å²) in [5.74, 6) is 1.57. The molecule has 1 aromatic carbocycles. The van der Waals surface area contributed by atoms with Crippen molar-refractivity contribution in [3.8, 4) is 10.9 Å². The third kappa shape index (κ3) is 3.09. The van der Waals surface area contributed by atoms with Gasteiger partial charge in [-0.15, -0.1) is 0 Å². The third-order valence-electron chi connectivity index (χ3n) is 2.36. The Balaban J connectivity index is 2.21. The van der Waals surface area contributed by atoms with Crippen molar-refractivity contribution in [2.75, 3.05) is 0 Å². The first-order valence-electron chi connectivity index (χ1n) is 5.64. The number of benzene rings is 1. The summed E-state index contributed by atoms with van der Waals surface area (Å²) in [6.07, 6.45) is 0. The number of hydrogen-bond acceptors (Lipinski definition) is 4. The van der Waals surface area contributed by atoms with Crippen LogP contribution in [0.3, 0.4) is 0 Å². The summed E-state index contributed by atoms with van der Waals surface area (Å²) in [5.41, 5.74) is 1.13. The van der Waals surface area contributed by atoms with Gasteiger partial charge in [0.05, 0.1) is 4.47 Å².